The maximum absolute atomic E-state index is 12.4. The van der Waals surface area contributed by atoms with Gasteiger partial charge in [-0.15, -0.1) is 0 Å². The van der Waals surface area contributed by atoms with E-state index in [1.807, 2.05) is 30.5 Å². The molecule has 0 spiro atoms. The van der Waals surface area contributed by atoms with Gasteiger partial charge >= 0.3 is 5.97 Å². The Morgan fingerprint density at radius 3 is 2.70 bits per heavy atom. The van der Waals surface area contributed by atoms with E-state index < -0.39 is 23.5 Å². The number of amides is 1. The highest BCUT2D eigenvalue weighted by molar-refractivity contribution is 5.90. The van der Waals surface area contributed by atoms with Crippen LogP contribution in [0.4, 0.5) is 0 Å². The van der Waals surface area contributed by atoms with Crippen LogP contribution < -0.4 is 11.1 Å². The first-order valence-electron chi connectivity index (χ1n) is 7.88. The van der Waals surface area contributed by atoms with Gasteiger partial charge in [-0.1, -0.05) is 31.0 Å². The number of fused-ring (bicyclic) bond motifs is 1. The third-order valence-corrected chi connectivity index (χ3v) is 4.68. The van der Waals surface area contributed by atoms with Crippen molar-refractivity contribution in [2.45, 2.75) is 43.7 Å². The van der Waals surface area contributed by atoms with E-state index in [2.05, 4.69) is 10.3 Å². The molecule has 1 aromatic heterocycles. The van der Waals surface area contributed by atoms with Crippen LogP contribution in [0.15, 0.2) is 30.5 Å². The Bertz CT molecular complexity index is 732. The summed E-state index contributed by atoms with van der Waals surface area (Å²) in [5.41, 5.74) is 6.82. The van der Waals surface area contributed by atoms with E-state index in [1.54, 1.807) is 0 Å². The first kappa shape index (κ1) is 15.6. The SMILES string of the molecule is NC(Cc1c[nH]c2ccccc12)C(=O)NC1(C(=O)O)CCCC1. The molecule has 0 aliphatic heterocycles. The molecule has 0 radical (unpaired) electrons. The Kier molecular flexibility index (Phi) is 4.09. The van der Waals surface area contributed by atoms with E-state index in [9.17, 15) is 14.7 Å². The van der Waals surface area contributed by atoms with Gasteiger partial charge < -0.3 is 21.1 Å². The second-order valence-electron chi connectivity index (χ2n) is 6.25. The molecule has 122 valence electrons. The van der Waals surface area contributed by atoms with Crippen LogP contribution in [-0.4, -0.2) is 33.5 Å². The van der Waals surface area contributed by atoms with Gasteiger partial charge in [-0.3, -0.25) is 4.79 Å². The molecule has 1 aliphatic carbocycles. The Morgan fingerprint density at radius 2 is 2.00 bits per heavy atom. The molecule has 5 N–H and O–H groups in total. The standard InChI is InChI=1S/C17H21N3O3/c18-13(9-11-10-19-14-6-2-1-5-12(11)14)15(21)20-17(16(22)23)7-3-4-8-17/h1-2,5-6,10,13,19H,3-4,7-9,18H2,(H,20,21)(H,22,23). The molecule has 1 atom stereocenters. The zero-order chi connectivity index (χ0) is 16.4. The van der Waals surface area contributed by atoms with Crippen molar-refractivity contribution in [1.82, 2.24) is 10.3 Å². The number of carbonyl (C=O) groups is 2. The molecule has 6 heteroatoms. The molecule has 1 saturated carbocycles. The second kappa shape index (κ2) is 6.04. The lowest BCUT2D eigenvalue weighted by Gasteiger charge is -2.27. The molecule has 23 heavy (non-hydrogen) atoms. The normalized spacial score (nSPS) is 18.0. The highest BCUT2D eigenvalue weighted by Gasteiger charge is 2.43. The third kappa shape index (κ3) is 2.94. The number of rotatable bonds is 5. The van der Waals surface area contributed by atoms with E-state index in [-0.39, 0.29) is 0 Å². The molecular formula is C17H21N3O3. The predicted molar refractivity (Wildman–Crippen MR) is 87.0 cm³/mol. The van der Waals surface area contributed by atoms with Crippen molar-refractivity contribution in [3.63, 3.8) is 0 Å². The number of nitrogens with two attached hydrogens (primary N) is 1. The number of benzene rings is 1. The Hall–Kier alpha value is -2.34. The van der Waals surface area contributed by atoms with Crippen LogP contribution in [0.1, 0.15) is 31.2 Å². The number of aromatic nitrogens is 1. The summed E-state index contributed by atoms with van der Waals surface area (Å²) in [6.07, 6.45) is 4.77. The second-order valence-corrected chi connectivity index (χ2v) is 6.25. The molecule has 0 saturated heterocycles. The number of H-pyrrole nitrogens is 1. The predicted octanol–water partition coefficient (Wildman–Crippen LogP) is 1.55. The first-order chi connectivity index (χ1) is 11.0. The van der Waals surface area contributed by atoms with Crippen LogP contribution in [0.5, 0.6) is 0 Å². The van der Waals surface area contributed by atoms with Crippen LogP contribution >= 0.6 is 0 Å². The van der Waals surface area contributed by atoms with Crippen molar-refractivity contribution < 1.29 is 14.7 Å². The van der Waals surface area contributed by atoms with Crippen molar-refractivity contribution in [1.29, 1.82) is 0 Å². The highest BCUT2D eigenvalue weighted by atomic mass is 16.4. The fraction of sp³-hybridized carbons (Fsp3) is 0.412. The van der Waals surface area contributed by atoms with Crippen molar-refractivity contribution in [3.8, 4) is 0 Å². The summed E-state index contributed by atoms with van der Waals surface area (Å²) >= 11 is 0. The number of carboxylic acid groups (broad SMARTS) is 1. The third-order valence-electron chi connectivity index (χ3n) is 4.68. The quantitative estimate of drug-likeness (QED) is 0.671. The molecule has 1 heterocycles. The number of nitrogens with one attached hydrogen (secondary N) is 2. The molecule has 1 aliphatic rings. The number of hydrogen-bond donors (Lipinski definition) is 4. The number of carboxylic acids is 1. The van der Waals surface area contributed by atoms with Crippen molar-refractivity contribution in [3.05, 3.63) is 36.0 Å². The molecule has 1 aromatic carbocycles. The van der Waals surface area contributed by atoms with Crippen LogP contribution in [0.3, 0.4) is 0 Å². The summed E-state index contributed by atoms with van der Waals surface area (Å²) in [4.78, 5) is 27.0. The first-order valence-corrected chi connectivity index (χ1v) is 7.88. The maximum Gasteiger partial charge on any atom is 0.329 e. The summed E-state index contributed by atoms with van der Waals surface area (Å²) in [5.74, 6) is -1.37. The van der Waals surface area contributed by atoms with Gasteiger partial charge in [0.1, 0.15) is 5.54 Å². The van der Waals surface area contributed by atoms with Gasteiger partial charge in [0.25, 0.3) is 0 Å². The Balaban J connectivity index is 1.71. The van der Waals surface area contributed by atoms with Gasteiger partial charge in [0.05, 0.1) is 6.04 Å². The van der Waals surface area contributed by atoms with Crippen molar-refractivity contribution in [2.75, 3.05) is 0 Å². The van der Waals surface area contributed by atoms with Gasteiger partial charge in [0.2, 0.25) is 5.91 Å². The topological polar surface area (TPSA) is 108 Å². The summed E-state index contributed by atoms with van der Waals surface area (Å²) in [6, 6.07) is 7.03. The number of aliphatic carboxylic acids is 1. The minimum atomic E-state index is -1.14. The van der Waals surface area contributed by atoms with Gasteiger partial charge in [-0.05, 0) is 30.9 Å². The number of hydrogen-bond acceptors (Lipinski definition) is 3. The van der Waals surface area contributed by atoms with Gasteiger partial charge in [-0.2, -0.15) is 0 Å². The highest BCUT2D eigenvalue weighted by Crippen LogP contribution is 2.30. The van der Waals surface area contributed by atoms with Crippen LogP contribution in [0.25, 0.3) is 10.9 Å². The molecule has 3 rings (SSSR count). The van der Waals surface area contributed by atoms with Gasteiger partial charge in [0, 0.05) is 17.1 Å². The van der Waals surface area contributed by atoms with Gasteiger partial charge in [0.15, 0.2) is 0 Å². The monoisotopic (exact) mass is 315 g/mol. The van der Waals surface area contributed by atoms with Crippen molar-refractivity contribution in [2.24, 2.45) is 5.73 Å². The summed E-state index contributed by atoms with van der Waals surface area (Å²) in [5, 5.41) is 13.1. The lowest BCUT2D eigenvalue weighted by molar-refractivity contribution is -0.147. The van der Waals surface area contributed by atoms with Crippen LogP contribution in [-0.2, 0) is 16.0 Å². The Labute approximate surface area is 134 Å². The average Bonchev–Trinajstić information content (AvgIpc) is 3.16. The molecular weight excluding hydrogens is 294 g/mol. The van der Waals surface area contributed by atoms with Gasteiger partial charge in [-0.25, -0.2) is 4.79 Å². The zero-order valence-corrected chi connectivity index (χ0v) is 12.8. The minimum absolute atomic E-state index is 0.367. The molecule has 2 aromatic rings. The van der Waals surface area contributed by atoms with Crippen LogP contribution in [0, 0.1) is 0 Å². The molecule has 6 nitrogen and oxygen atoms in total. The lowest BCUT2D eigenvalue weighted by atomic mass is 9.96. The Morgan fingerprint density at radius 1 is 1.30 bits per heavy atom. The minimum Gasteiger partial charge on any atom is -0.480 e. The number of aromatic amines is 1. The molecule has 1 amide bonds. The largest absolute Gasteiger partial charge is 0.480 e. The summed E-state index contributed by atoms with van der Waals surface area (Å²) < 4.78 is 0. The van der Waals surface area contributed by atoms with E-state index in [1.165, 1.54) is 0 Å². The smallest absolute Gasteiger partial charge is 0.329 e. The van der Waals surface area contributed by atoms with E-state index in [4.69, 9.17) is 5.73 Å². The molecule has 1 fully saturated rings. The summed E-state index contributed by atoms with van der Waals surface area (Å²) in [7, 11) is 0. The molecule has 1 unspecified atom stereocenters. The van der Waals surface area contributed by atoms with E-state index in [0.29, 0.717) is 19.3 Å². The number of carbonyl (C=O) groups excluding carboxylic acids is 1. The fourth-order valence-electron chi connectivity index (χ4n) is 3.33. The average molecular weight is 315 g/mol. The van der Waals surface area contributed by atoms with Crippen LogP contribution in [0.2, 0.25) is 0 Å². The zero-order valence-electron chi connectivity index (χ0n) is 12.8. The molecule has 0 bridgehead atoms. The maximum atomic E-state index is 12.4. The lowest BCUT2D eigenvalue weighted by Crippen LogP contribution is -2.57. The van der Waals surface area contributed by atoms with E-state index in [0.717, 1.165) is 29.3 Å². The number of para-hydroxylation sites is 1. The van der Waals surface area contributed by atoms with Crippen molar-refractivity contribution >= 4 is 22.8 Å². The van der Waals surface area contributed by atoms with E-state index >= 15 is 0 Å². The summed E-state index contributed by atoms with van der Waals surface area (Å²) in [6.45, 7) is 0. The fourth-order valence-corrected chi connectivity index (χ4v) is 3.33.